The molecule has 1 aromatic rings. The predicted octanol–water partition coefficient (Wildman–Crippen LogP) is 3.09. The average Bonchev–Trinajstić information content (AvgIpc) is 2.50. The summed E-state index contributed by atoms with van der Waals surface area (Å²) >= 11 is 5.92. The number of piperidine rings is 1. The average molecular weight is 310 g/mol. The highest BCUT2D eigenvalue weighted by atomic mass is 35.5. The Kier molecular flexibility index (Phi) is 4.55. The van der Waals surface area contributed by atoms with Gasteiger partial charge in [-0.3, -0.25) is 4.90 Å². The number of hydrogen-bond donors (Lipinski definition) is 1. The smallest absolute Gasteiger partial charge is 0.0681 e. The van der Waals surface area contributed by atoms with Crippen LogP contribution in [0.3, 0.4) is 0 Å². The van der Waals surface area contributed by atoms with Gasteiger partial charge >= 0.3 is 0 Å². The summed E-state index contributed by atoms with van der Waals surface area (Å²) in [5.41, 5.74) is 1.32. The molecule has 0 bridgehead atoms. The Labute approximate surface area is 131 Å². The molecule has 3 nitrogen and oxygen atoms in total. The first-order valence-electron chi connectivity index (χ1n) is 7.90. The fourth-order valence-electron chi connectivity index (χ4n) is 3.79. The molecule has 0 radical (unpaired) electrons. The minimum atomic E-state index is -0.174. The zero-order chi connectivity index (χ0) is 14.9. The molecule has 1 saturated carbocycles. The van der Waals surface area contributed by atoms with Crippen LogP contribution in [0.1, 0.15) is 31.7 Å². The number of hydrogen-bond acceptors (Lipinski definition) is 3. The summed E-state index contributed by atoms with van der Waals surface area (Å²) in [6.45, 7) is 5.80. The Morgan fingerprint density at radius 3 is 2.52 bits per heavy atom. The molecule has 1 spiro atoms. The molecule has 1 aromatic carbocycles. The van der Waals surface area contributed by atoms with Crippen LogP contribution in [0, 0.1) is 5.41 Å². The number of aliphatic hydroxyl groups is 1. The molecule has 4 heteroatoms. The molecule has 3 rings (SSSR count). The second kappa shape index (κ2) is 6.25. The molecule has 21 heavy (non-hydrogen) atoms. The number of benzene rings is 1. The molecule has 0 amide bonds. The molecular weight excluding hydrogens is 286 g/mol. The molecule has 1 aliphatic heterocycles. The SMILES string of the molecule is CCOC1CC(O)C12CCN(Cc1ccc(Cl)cc1)CC2. The quantitative estimate of drug-likeness (QED) is 0.927. The number of rotatable bonds is 4. The van der Waals surface area contributed by atoms with E-state index in [9.17, 15) is 5.11 Å². The summed E-state index contributed by atoms with van der Waals surface area (Å²) in [5, 5.41) is 11.0. The van der Waals surface area contributed by atoms with Gasteiger partial charge in [0.05, 0.1) is 12.2 Å². The van der Waals surface area contributed by atoms with Gasteiger partial charge in [-0.15, -0.1) is 0 Å². The number of nitrogens with zero attached hydrogens (tertiary/aromatic N) is 1. The van der Waals surface area contributed by atoms with Gasteiger partial charge in [0.25, 0.3) is 0 Å². The number of likely N-dealkylation sites (tertiary alicyclic amines) is 1. The second-order valence-electron chi connectivity index (χ2n) is 6.33. The molecule has 1 aliphatic carbocycles. The van der Waals surface area contributed by atoms with Crippen molar-refractivity contribution in [1.29, 1.82) is 0 Å². The van der Waals surface area contributed by atoms with E-state index in [1.54, 1.807) is 0 Å². The maximum absolute atomic E-state index is 10.2. The number of aliphatic hydroxyl groups excluding tert-OH is 1. The lowest BCUT2D eigenvalue weighted by Gasteiger charge is -2.56. The van der Waals surface area contributed by atoms with E-state index in [0.717, 1.165) is 50.5 Å². The van der Waals surface area contributed by atoms with E-state index < -0.39 is 0 Å². The first-order chi connectivity index (χ1) is 10.1. The third-order valence-electron chi connectivity index (χ3n) is 5.22. The van der Waals surface area contributed by atoms with Crippen molar-refractivity contribution in [2.75, 3.05) is 19.7 Å². The van der Waals surface area contributed by atoms with Crippen LogP contribution in [0.15, 0.2) is 24.3 Å². The van der Waals surface area contributed by atoms with Crippen LogP contribution in [0.2, 0.25) is 5.02 Å². The Balaban J connectivity index is 1.56. The first kappa shape index (κ1) is 15.3. The van der Waals surface area contributed by atoms with Crippen LogP contribution < -0.4 is 0 Å². The van der Waals surface area contributed by atoms with Crippen molar-refractivity contribution >= 4 is 11.6 Å². The van der Waals surface area contributed by atoms with Crippen LogP contribution in [-0.2, 0) is 11.3 Å². The van der Waals surface area contributed by atoms with Gasteiger partial charge in [0.2, 0.25) is 0 Å². The van der Waals surface area contributed by atoms with Gasteiger partial charge in [0.15, 0.2) is 0 Å². The van der Waals surface area contributed by atoms with E-state index in [2.05, 4.69) is 17.0 Å². The van der Waals surface area contributed by atoms with Crippen LogP contribution in [0.25, 0.3) is 0 Å². The zero-order valence-electron chi connectivity index (χ0n) is 12.6. The summed E-state index contributed by atoms with van der Waals surface area (Å²) in [4.78, 5) is 2.46. The number of halogens is 1. The van der Waals surface area contributed by atoms with Crippen LogP contribution >= 0.6 is 11.6 Å². The molecule has 116 valence electrons. The summed E-state index contributed by atoms with van der Waals surface area (Å²) in [7, 11) is 0. The fourth-order valence-corrected chi connectivity index (χ4v) is 3.92. The largest absolute Gasteiger partial charge is 0.392 e. The monoisotopic (exact) mass is 309 g/mol. The standard InChI is InChI=1S/C17H24ClNO2/c1-2-21-16-11-15(20)17(16)7-9-19(10-8-17)12-13-3-5-14(18)6-4-13/h3-6,15-16,20H,2,7-12H2,1H3. The highest BCUT2D eigenvalue weighted by molar-refractivity contribution is 6.30. The van der Waals surface area contributed by atoms with E-state index in [-0.39, 0.29) is 17.6 Å². The van der Waals surface area contributed by atoms with E-state index in [4.69, 9.17) is 16.3 Å². The van der Waals surface area contributed by atoms with Crippen molar-refractivity contribution < 1.29 is 9.84 Å². The normalized spacial score (nSPS) is 28.5. The summed E-state index contributed by atoms with van der Waals surface area (Å²) in [5.74, 6) is 0. The lowest BCUT2D eigenvalue weighted by molar-refractivity contribution is -0.209. The predicted molar refractivity (Wildman–Crippen MR) is 84.4 cm³/mol. The Hall–Kier alpha value is -0.610. The highest BCUT2D eigenvalue weighted by Crippen LogP contribution is 2.51. The van der Waals surface area contributed by atoms with Crippen LogP contribution in [-0.4, -0.2) is 41.9 Å². The van der Waals surface area contributed by atoms with Gasteiger partial charge in [0, 0.05) is 30.0 Å². The molecule has 1 saturated heterocycles. The van der Waals surface area contributed by atoms with E-state index in [1.807, 2.05) is 19.1 Å². The molecule has 1 N–H and O–H groups in total. The summed E-state index contributed by atoms with van der Waals surface area (Å²) < 4.78 is 5.82. The molecule has 2 fully saturated rings. The molecule has 2 atom stereocenters. The van der Waals surface area contributed by atoms with Crippen LogP contribution in [0.4, 0.5) is 0 Å². The third-order valence-corrected chi connectivity index (χ3v) is 5.47. The first-order valence-corrected chi connectivity index (χ1v) is 8.28. The zero-order valence-corrected chi connectivity index (χ0v) is 13.4. The summed E-state index contributed by atoms with van der Waals surface area (Å²) in [6, 6.07) is 8.08. The van der Waals surface area contributed by atoms with Crippen molar-refractivity contribution in [2.45, 2.75) is 44.9 Å². The molecular formula is C17H24ClNO2. The molecule has 2 unspecified atom stereocenters. The highest BCUT2D eigenvalue weighted by Gasteiger charge is 2.55. The maximum atomic E-state index is 10.2. The second-order valence-corrected chi connectivity index (χ2v) is 6.77. The Morgan fingerprint density at radius 2 is 1.95 bits per heavy atom. The van der Waals surface area contributed by atoms with Gasteiger partial charge in [-0.2, -0.15) is 0 Å². The lowest BCUT2D eigenvalue weighted by atomic mass is 9.58. The van der Waals surface area contributed by atoms with Crippen molar-refractivity contribution in [2.24, 2.45) is 5.41 Å². The van der Waals surface area contributed by atoms with Gasteiger partial charge in [0.1, 0.15) is 0 Å². The summed E-state index contributed by atoms with van der Waals surface area (Å²) in [6.07, 6.45) is 2.96. The van der Waals surface area contributed by atoms with Crippen molar-refractivity contribution in [3.8, 4) is 0 Å². The molecule has 0 aromatic heterocycles. The van der Waals surface area contributed by atoms with Crippen molar-refractivity contribution in [3.05, 3.63) is 34.9 Å². The van der Waals surface area contributed by atoms with Gasteiger partial charge < -0.3 is 9.84 Å². The van der Waals surface area contributed by atoms with Crippen molar-refractivity contribution in [3.63, 3.8) is 0 Å². The van der Waals surface area contributed by atoms with Gasteiger partial charge in [-0.1, -0.05) is 23.7 Å². The minimum absolute atomic E-state index is 0.0203. The van der Waals surface area contributed by atoms with E-state index in [1.165, 1.54) is 5.56 Å². The molecule has 2 aliphatic rings. The topological polar surface area (TPSA) is 32.7 Å². The van der Waals surface area contributed by atoms with Gasteiger partial charge in [-0.05, 0) is 50.6 Å². The van der Waals surface area contributed by atoms with Crippen LogP contribution in [0.5, 0.6) is 0 Å². The van der Waals surface area contributed by atoms with E-state index >= 15 is 0 Å². The maximum Gasteiger partial charge on any atom is 0.0681 e. The number of ether oxygens (including phenoxy) is 1. The van der Waals surface area contributed by atoms with E-state index in [0.29, 0.717) is 0 Å². The lowest BCUT2D eigenvalue weighted by Crippen LogP contribution is -2.62. The Bertz CT molecular complexity index is 466. The van der Waals surface area contributed by atoms with Gasteiger partial charge in [-0.25, -0.2) is 0 Å². The van der Waals surface area contributed by atoms with Crippen molar-refractivity contribution in [1.82, 2.24) is 4.90 Å². The third kappa shape index (κ3) is 2.98. The fraction of sp³-hybridized carbons (Fsp3) is 0.647. The Morgan fingerprint density at radius 1 is 1.29 bits per heavy atom. The minimum Gasteiger partial charge on any atom is -0.392 e. The molecule has 1 heterocycles.